The largest absolute Gasteiger partial charge is 0.425 e. The van der Waals surface area contributed by atoms with Crippen LogP contribution in [0.3, 0.4) is 0 Å². The number of benzene rings is 3. The Morgan fingerprint density at radius 1 is 1.00 bits per heavy atom. The van der Waals surface area contributed by atoms with Gasteiger partial charge in [0, 0.05) is 7.05 Å². The lowest BCUT2D eigenvalue weighted by atomic mass is 10.0. The van der Waals surface area contributed by atoms with Crippen LogP contribution in [-0.4, -0.2) is 42.5 Å². The summed E-state index contributed by atoms with van der Waals surface area (Å²) >= 11 is 0. The number of fused-ring (bicyclic) bond motifs is 1. The zero-order valence-corrected chi connectivity index (χ0v) is 18.7. The second kappa shape index (κ2) is 11.5. The van der Waals surface area contributed by atoms with Crippen molar-refractivity contribution in [3.8, 4) is 5.75 Å². The molecule has 4 N–H and O–H groups in total. The van der Waals surface area contributed by atoms with E-state index in [1.54, 1.807) is 31.3 Å². The summed E-state index contributed by atoms with van der Waals surface area (Å²) in [7, 11) is 1.56. The third-order valence-electron chi connectivity index (χ3n) is 5.68. The number of hydrogen-bond acceptors (Lipinski definition) is 5. The van der Waals surface area contributed by atoms with Crippen LogP contribution in [-0.2, 0) is 16.0 Å². The second-order valence-electron chi connectivity index (χ2n) is 8.10. The number of hydrogen-bond donors (Lipinski definition) is 2. The molecule has 0 heterocycles. The lowest BCUT2D eigenvalue weighted by Gasteiger charge is -2.29. The maximum absolute atomic E-state index is 13.1. The first-order valence-electron chi connectivity index (χ1n) is 11.1. The molecule has 0 saturated heterocycles. The van der Waals surface area contributed by atoms with Gasteiger partial charge in [0.1, 0.15) is 17.6 Å². The van der Waals surface area contributed by atoms with Crippen LogP contribution in [0.15, 0.2) is 66.7 Å². The minimum atomic E-state index is -0.801. The molecule has 3 aromatic rings. The third kappa shape index (κ3) is 6.60. The number of amides is 1. The van der Waals surface area contributed by atoms with E-state index in [1.807, 2.05) is 30.3 Å². The molecule has 3 rings (SSSR count). The van der Waals surface area contributed by atoms with Gasteiger partial charge in [-0.25, -0.2) is 9.18 Å². The Hall–Kier alpha value is -3.29. The lowest BCUT2D eigenvalue weighted by molar-refractivity contribution is -0.147. The molecule has 3 aromatic carbocycles. The summed E-state index contributed by atoms with van der Waals surface area (Å²) in [6.07, 6.45) is 1.82. The average molecular weight is 452 g/mol. The molecule has 1 amide bonds. The van der Waals surface area contributed by atoms with Gasteiger partial charge in [-0.1, -0.05) is 42.5 Å². The molecule has 0 radical (unpaired) electrons. The second-order valence-corrected chi connectivity index (χ2v) is 8.10. The highest BCUT2D eigenvalue weighted by atomic mass is 19.1. The zero-order chi connectivity index (χ0) is 23.8. The molecule has 0 bridgehead atoms. The number of ether oxygens (including phenoxy) is 1. The highest BCUT2D eigenvalue weighted by Gasteiger charge is 2.31. The maximum atomic E-state index is 13.1. The Morgan fingerprint density at radius 2 is 1.70 bits per heavy atom. The lowest BCUT2D eigenvalue weighted by Crippen LogP contribution is -2.50. The molecule has 33 heavy (non-hydrogen) atoms. The molecule has 7 heteroatoms. The van der Waals surface area contributed by atoms with Crippen molar-refractivity contribution in [3.05, 3.63) is 78.1 Å². The number of esters is 1. The summed E-state index contributed by atoms with van der Waals surface area (Å²) in [5.41, 5.74) is 12.7. The van der Waals surface area contributed by atoms with Crippen LogP contribution in [0.25, 0.3) is 10.8 Å². The quantitative estimate of drug-likeness (QED) is 0.364. The molecule has 0 fully saturated rings. The Morgan fingerprint density at radius 3 is 2.39 bits per heavy atom. The van der Waals surface area contributed by atoms with E-state index in [0.29, 0.717) is 38.0 Å². The summed E-state index contributed by atoms with van der Waals surface area (Å²) in [6, 6.07) is 17.7. The van der Waals surface area contributed by atoms with Crippen molar-refractivity contribution in [1.82, 2.24) is 4.90 Å². The van der Waals surface area contributed by atoms with Crippen molar-refractivity contribution in [2.24, 2.45) is 11.5 Å². The summed E-state index contributed by atoms with van der Waals surface area (Å²) in [5, 5.41) is 1.99. The minimum absolute atomic E-state index is 0.313. The average Bonchev–Trinajstić information content (AvgIpc) is 2.83. The summed E-state index contributed by atoms with van der Waals surface area (Å²) in [5.74, 6) is -0.778. The molecule has 2 atom stereocenters. The number of likely N-dealkylation sites (N-methyl/N-ethyl adjacent to an activating group) is 1. The Balaban J connectivity index is 1.66. The Labute approximate surface area is 193 Å². The maximum Gasteiger partial charge on any atom is 0.334 e. The molecule has 0 aliphatic rings. The van der Waals surface area contributed by atoms with Gasteiger partial charge in [0.2, 0.25) is 5.91 Å². The summed E-state index contributed by atoms with van der Waals surface area (Å²) in [6.45, 7) is 0.387. The van der Waals surface area contributed by atoms with E-state index in [4.69, 9.17) is 16.2 Å². The molecule has 0 saturated carbocycles. The normalized spacial score (nSPS) is 12.8. The fourth-order valence-electron chi connectivity index (χ4n) is 3.71. The van der Waals surface area contributed by atoms with Gasteiger partial charge in [0.15, 0.2) is 0 Å². The number of nitrogens with zero attached hydrogens (tertiary/aromatic N) is 1. The molecule has 0 aromatic heterocycles. The highest BCUT2D eigenvalue weighted by molar-refractivity contribution is 5.89. The number of carbonyl (C=O) groups is 2. The highest BCUT2D eigenvalue weighted by Crippen LogP contribution is 2.22. The predicted molar refractivity (Wildman–Crippen MR) is 127 cm³/mol. The third-order valence-corrected chi connectivity index (χ3v) is 5.68. The number of nitrogens with two attached hydrogens (primary N) is 2. The van der Waals surface area contributed by atoms with Gasteiger partial charge in [-0.05, 0) is 72.8 Å². The van der Waals surface area contributed by atoms with Gasteiger partial charge in [-0.3, -0.25) is 4.79 Å². The fourth-order valence-corrected chi connectivity index (χ4v) is 3.71. The predicted octanol–water partition coefficient (Wildman–Crippen LogP) is 3.41. The van der Waals surface area contributed by atoms with Crippen LogP contribution in [0.4, 0.5) is 4.39 Å². The minimum Gasteiger partial charge on any atom is -0.425 e. The van der Waals surface area contributed by atoms with Gasteiger partial charge in [0.25, 0.3) is 0 Å². The van der Waals surface area contributed by atoms with Gasteiger partial charge >= 0.3 is 5.97 Å². The summed E-state index contributed by atoms with van der Waals surface area (Å²) < 4.78 is 18.7. The van der Waals surface area contributed by atoms with E-state index < -0.39 is 18.1 Å². The van der Waals surface area contributed by atoms with Gasteiger partial charge < -0.3 is 21.1 Å². The van der Waals surface area contributed by atoms with E-state index in [2.05, 4.69) is 0 Å². The first kappa shape index (κ1) is 24.4. The topological polar surface area (TPSA) is 98.6 Å². The molecule has 0 aliphatic heterocycles. The monoisotopic (exact) mass is 451 g/mol. The smallest absolute Gasteiger partial charge is 0.334 e. The first-order chi connectivity index (χ1) is 15.9. The Kier molecular flexibility index (Phi) is 8.52. The van der Waals surface area contributed by atoms with E-state index in [9.17, 15) is 14.0 Å². The van der Waals surface area contributed by atoms with E-state index >= 15 is 0 Å². The number of carbonyl (C=O) groups excluding carboxylic acids is 2. The van der Waals surface area contributed by atoms with Gasteiger partial charge in [0.05, 0.1) is 6.04 Å². The van der Waals surface area contributed by atoms with Crippen molar-refractivity contribution in [1.29, 1.82) is 0 Å². The molecular formula is C26H30FN3O3. The van der Waals surface area contributed by atoms with Crippen molar-refractivity contribution in [2.75, 3.05) is 13.6 Å². The number of rotatable bonds is 10. The van der Waals surface area contributed by atoms with Crippen molar-refractivity contribution >= 4 is 22.6 Å². The van der Waals surface area contributed by atoms with Crippen LogP contribution in [0.1, 0.15) is 24.8 Å². The van der Waals surface area contributed by atoms with Crippen molar-refractivity contribution < 1.29 is 18.7 Å². The SMILES string of the molecule is CN(C(=O)[C@@H](N)CCc1ccc(F)cc1)[C@@H](CCCN)C(=O)Oc1ccc2ccccc2c1. The molecule has 174 valence electrons. The molecule has 0 unspecified atom stereocenters. The summed E-state index contributed by atoms with van der Waals surface area (Å²) in [4.78, 5) is 27.3. The van der Waals surface area contributed by atoms with Crippen molar-refractivity contribution in [2.45, 2.75) is 37.8 Å². The van der Waals surface area contributed by atoms with E-state index in [-0.39, 0.29) is 11.7 Å². The first-order valence-corrected chi connectivity index (χ1v) is 11.1. The van der Waals surface area contributed by atoms with Crippen molar-refractivity contribution in [3.63, 3.8) is 0 Å². The number of aryl methyl sites for hydroxylation is 1. The molecule has 6 nitrogen and oxygen atoms in total. The van der Waals surface area contributed by atoms with Gasteiger partial charge in [-0.2, -0.15) is 0 Å². The van der Waals surface area contributed by atoms with Gasteiger partial charge in [-0.15, -0.1) is 0 Å². The van der Waals surface area contributed by atoms with Crippen LogP contribution < -0.4 is 16.2 Å². The molecule has 0 aliphatic carbocycles. The molecule has 0 spiro atoms. The van der Waals surface area contributed by atoms with E-state index in [1.165, 1.54) is 17.0 Å². The van der Waals surface area contributed by atoms with Crippen LogP contribution in [0, 0.1) is 5.82 Å². The van der Waals surface area contributed by atoms with Crippen LogP contribution in [0.2, 0.25) is 0 Å². The fraction of sp³-hybridized carbons (Fsp3) is 0.308. The van der Waals surface area contributed by atoms with E-state index in [0.717, 1.165) is 16.3 Å². The zero-order valence-electron chi connectivity index (χ0n) is 18.7. The molecular weight excluding hydrogens is 421 g/mol. The Bertz CT molecular complexity index is 1090. The number of halogens is 1. The van der Waals surface area contributed by atoms with Crippen LogP contribution >= 0.6 is 0 Å². The standard InChI is InChI=1S/C26H30FN3O3/c1-30(25(31)23(29)15-10-18-8-12-21(27)13-9-18)24(7-4-16-28)26(32)33-22-14-11-19-5-2-3-6-20(19)17-22/h2-3,5-6,8-9,11-14,17,23-24H,4,7,10,15-16,28-29H2,1H3/t23-,24-/m0/s1. The van der Waals surface area contributed by atoms with Crippen LogP contribution in [0.5, 0.6) is 5.75 Å².